The van der Waals surface area contributed by atoms with Crippen LogP contribution in [0.15, 0.2) is 35.4 Å². The standard InChI is InChI=1S/C13H14N4O2/c1-16-10-15-17(13(16)18)7-4-8-19-12-6-3-2-5-11(12)9-14/h2-3,5-6,10H,4,7-8H2,1H3. The summed E-state index contributed by atoms with van der Waals surface area (Å²) in [5.74, 6) is 0.568. The number of rotatable bonds is 5. The molecule has 0 aliphatic heterocycles. The zero-order valence-corrected chi connectivity index (χ0v) is 10.6. The first-order chi connectivity index (χ1) is 9.22. The zero-order valence-electron chi connectivity index (χ0n) is 10.6. The molecule has 0 fully saturated rings. The monoisotopic (exact) mass is 258 g/mol. The Kier molecular flexibility index (Phi) is 3.98. The fourth-order valence-corrected chi connectivity index (χ4v) is 1.66. The first-order valence-corrected chi connectivity index (χ1v) is 5.92. The summed E-state index contributed by atoms with van der Waals surface area (Å²) >= 11 is 0. The topological polar surface area (TPSA) is 72.8 Å². The van der Waals surface area contributed by atoms with Crippen molar-refractivity contribution in [2.75, 3.05) is 6.61 Å². The molecule has 2 aromatic rings. The molecule has 0 aliphatic rings. The molecule has 1 heterocycles. The lowest BCUT2D eigenvalue weighted by Gasteiger charge is -2.07. The van der Waals surface area contributed by atoms with E-state index in [1.165, 1.54) is 15.6 Å². The van der Waals surface area contributed by atoms with Gasteiger partial charge in [0.25, 0.3) is 0 Å². The molecule has 19 heavy (non-hydrogen) atoms. The van der Waals surface area contributed by atoms with E-state index in [1.54, 1.807) is 25.2 Å². The van der Waals surface area contributed by atoms with Crippen LogP contribution in [-0.4, -0.2) is 21.0 Å². The molecule has 0 atom stereocenters. The normalized spacial score (nSPS) is 10.1. The van der Waals surface area contributed by atoms with Crippen molar-refractivity contribution < 1.29 is 4.74 Å². The lowest BCUT2D eigenvalue weighted by molar-refractivity contribution is 0.296. The Morgan fingerprint density at radius 3 is 2.89 bits per heavy atom. The van der Waals surface area contributed by atoms with E-state index >= 15 is 0 Å². The summed E-state index contributed by atoms with van der Waals surface area (Å²) in [7, 11) is 1.66. The molecule has 0 unspecified atom stereocenters. The first kappa shape index (κ1) is 12.9. The Hall–Kier alpha value is -2.55. The van der Waals surface area contributed by atoms with Crippen molar-refractivity contribution in [2.45, 2.75) is 13.0 Å². The number of nitrogens with zero attached hydrogens (tertiary/aromatic N) is 4. The van der Waals surface area contributed by atoms with Crippen LogP contribution in [0.4, 0.5) is 0 Å². The quantitative estimate of drug-likeness (QED) is 0.748. The number of hydrogen-bond acceptors (Lipinski definition) is 4. The maximum Gasteiger partial charge on any atom is 0.345 e. The van der Waals surface area contributed by atoms with E-state index in [9.17, 15) is 4.79 Å². The van der Waals surface area contributed by atoms with Gasteiger partial charge in [0.2, 0.25) is 0 Å². The molecule has 1 aromatic heterocycles. The summed E-state index contributed by atoms with van der Waals surface area (Å²) < 4.78 is 8.33. The molecular formula is C13H14N4O2. The molecule has 0 radical (unpaired) electrons. The maximum absolute atomic E-state index is 11.5. The van der Waals surface area contributed by atoms with Crippen LogP contribution < -0.4 is 10.4 Å². The largest absolute Gasteiger partial charge is 0.492 e. The maximum atomic E-state index is 11.5. The third-order valence-corrected chi connectivity index (χ3v) is 2.67. The fraction of sp³-hybridized carbons (Fsp3) is 0.308. The Morgan fingerprint density at radius 1 is 1.42 bits per heavy atom. The van der Waals surface area contributed by atoms with Crippen molar-refractivity contribution in [3.05, 3.63) is 46.6 Å². The lowest BCUT2D eigenvalue weighted by atomic mass is 10.2. The van der Waals surface area contributed by atoms with E-state index in [-0.39, 0.29) is 5.69 Å². The van der Waals surface area contributed by atoms with Gasteiger partial charge in [0.1, 0.15) is 18.1 Å². The highest BCUT2D eigenvalue weighted by Crippen LogP contribution is 2.16. The zero-order chi connectivity index (χ0) is 13.7. The minimum absolute atomic E-state index is 0.141. The lowest BCUT2D eigenvalue weighted by Crippen LogP contribution is -2.23. The van der Waals surface area contributed by atoms with E-state index in [0.29, 0.717) is 30.9 Å². The van der Waals surface area contributed by atoms with Gasteiger partial charge >= 0.3 is 5.69 Å². The number of nitriles is 1. The second-order valence-electron chi connectivity index (χ2n) is 4.06. The van der Waals surface area contributed by atoms with Gasteiger partial charge in [-0.3, -0.25) is 4.57 Å². The van der Waals surface area contributed by atoms with E-state index in [2.05, 4.69) is 11.2 Å². The highest BCUT2D eigenvalue weighted by Gasteiger charge is 2.03. The molecule has 0 spiro atoms. The van der Waals surface area contributed by atoms with Crippen molar-refractivity contribution >= 4 is 0 Å². The number of benzene rings is 1. The predicted molar refractivity (Wildman–Crippen MR) is 68.7 cm³/mol. The van der Waals surface area contributed by atoms with Gasteiger partial charge in [-0.2, -0.15) is 10.4 Å². The van der Waals surface area contributed by atoms with Crippen LogP contribution in [0.5, 0.6) is 5.75 Å². The van der Waals surface area contributed by atoms with Crippen molar-refractivity contribution in [1.29, 1.82) is 5.26 Å². The average molecular weight is 258 g/mol. The fourth-order valence-electron chi connectivity index (χ4n) is 1.66. The molecule has 0 N–H and O–H groups in total. The molecule has 0 aliphatic carbocycles. The smallest absolute Gasteiger partial charge is 0.345 e. The number of aromatic nitrogens is 3. The Balaban J connectivity index is 1.86. The third-order valence-electron chi connectivity index (χ3n) is 2.67. The van der Waals surface area contributed by atoms with Crippen LogP contribution in [-0.2, 0) is 13.6 Å². The SMILES string of the molecule is Cn1cnn(CCCOc2ccccc2C#N)c1=O. The minimum Gasteiger partial charge on any atom is -0.492 e. The highest BCUT2D eigenvalue weighted by molar-refractivity contribution is 5.42. The van der Waals surface area contributed by atoms with Crippen molar-refractivity contribution in [3.8, 4) is 11.8 Å². The molecule has 0 saturated heterocycles. The van der Waals surface area contributed by atoms with Crippen molar-refractivity contribution in [2.24, 2.45) is 7.05 Å². The third kappa shape index (κ3) is 3.01. The highest BCUT2D eigenvalue weighted by atomic mass is 16.5. The molecule has 2 rings (SSSR count). The Bertz CT molecular complexity index is 651. The molecule has 0 saturated carbocycles. The van der Waals surface area contributed by atoms with Crippen LogP contribution in [0, 0.1) is 11.3 Å². The van der Waals surface area contributed by atoms with E-state index < -0.39 is 0 Å². The summed E-state index contributed by atoms with van der Waals surface area (Å²) in [5, 5.41) is 12.9. The number of ether oxygens (including phenoxy) is 1. The summed E-state index contributed by atoms with van der Waals surface area (Å²) in [6, 6.07) is 9.14. The summed E-state index contributed by atoms with van der Waals surface area (Å²) in [5.41, 5.74) is 0.370. The molecule has 0 amide bonds. The molecule has 6 heteroatoms. The van der Waals surface area contributed by atoms with Gasteiger partial charge in [-0.05, 0) is 12.1 Å². The minimum atomic E-state index is -0.141. The molecular weight excluding hydrogens is 244 g/mol. The van der Waals surface area contributed by atoms with E-state index in [0.717, 1.165) is 0 Å². The second-order valence-corrected chi connectivity index (χ2v) is 4.06. The second kappa shape index (κ2) is 5.87. The van der Waals surface area contributed by atoms with Gasteiger partial charge < -0.3 is 4.74 Å². The van der Waals surface area contributed by atoms with E-state index in [4.69, 9.17) is 10.00 Å². The van der Waals surface area contributed by atoms with Gasteiger partial charge in [-0.1, -0.05) is 12.1 Å². The van der Waals surface area contributed by atoms with Gasteiger partial charge in [0.15, 0.2) is 0 Å². The van der Waals surface area contributed by atoms with Gasteiger partial charge in [-0.15, -0.1) is 0 Å². The summed E-state index contributed by atoms with van der Waals surface area (Å²) in [6.45, 7) is 0.927. The molecule has 1 aromatic carbocycles. The number of para-hydroxylation sites is 1. The predicted octanol–water partition coefficient (Wildman–Crippen LogP) is 0.923. The van der Waals surface area contributed by atoms with Gasteiger partial charge in [0.05, 0.1) is 12.2 Å². The number of hydrogen-bond donors (Lipinski definition) is 0. The van der Waals surface area contributed by atoms with Gasteiger partial charge in [0, 0.05) is 20.0 Å². The molecule has 6 nitrogen and oxygen atoms in total. The van der Waals surface area contributed by atoms with Crippen LogP contribution in [0.2, 0.25) is 0 Å². The van der Waals surface area contributed by atoms with Crippen LogP contribution in [0.25, 0.3) is 0 Å². The Labute approximate surface area is 110 Å². The van der Waals surface area contributed by atoms with Crippen LogP contribution in [0.1, 0.15) is 12.0 Å². The summed E-state index contributed by atoms with van der Waals surface area (Å²) in [4.78, 5) is 11.5. The van der Waals surface area contributed by atoms with Crippen molar-refractivity contribution in [3.63, 3.8) is 0 Å². The van der Waals surface area contributed by atoms with Gasteiger partial charge in [-0.25, -0.2) is 9.48 Å². The average Bonchev–Trinajstić information content (AvgIpc) is 2.76. The molecule has 0 bridgehead atoms. The number of aryl methyl sites for hydroxylation is 2. The van der Waals surface area contributed by atoms with Crippen LogP contribution in [0.3, 0.4) is 0 Å². The first-order valence-electron chi connectivity index (χ1n) is 5.92. The van der Waals surface area contributed by atoms with E-state index in [1.807, 2.05) is 6.07 Å². The molecule has 98 valence electrons. The summed E-state index contributed by atoms with van der Waals surface area (Å²) in [6.07, 6.45) is 2.13. The van der Waals surface area contributed by atoms with Crippen molar-refractivity contribution in [1.82, 2.24) is 14.3 Å². The van der Waals surface area contributed by atoms with Crippen LogP contribution >= 0.6 is 0 Å². The Morgan fingerprint density at radius 2 is 2.21 bits per heavy atom.